The predicted molar refractivity (Wildman–Crippen MR) is 121 cm³/mol. The lowest BCUT2D eigenvalue weighted by Crippen LogP contribution is -2.41. The van der Waals surface area contributed by atoms with Crippen molar-refractivity contribution >= 4 is 41.0 Å². The fourth-order valence-corrected chi connectivity index (χ4v) is 3.14. The van der Waals surface area contributed by atoms with Crippen LogP contribution in [-0.4, -0.2) is 30.3 Å². The van der Waals surface area contributed by atoms with Crippen molar-refractivity contribution in [2.24, 2.45) is 0 Å². The zero-order valence-electron chi connectivity index (χ0n) is 18.0. The smallest absolute Gasteiger partial charge is 0.306 e. The molecule has 0 fully saturated rings. The number of hydrogen-bond acceptors (Lipinski definition) is 5. The van der Waals surface area contributed by atoms with Gasteiger partial charge in [0.2, 0.25) is 5.91 Å². The molecule has 2 aromatic rings. The van der Waals surface area contributed by atoms with E-state index in [1.54, 1.807) is 18.2 Å². The summed E-state index contributed by atoms with van der Waals surface area (Å²) in [6.45, 7) is 3.53. The number of amides is 3. The number of anilines is 1. The lowest BCUT2D eigenvalue weighted by atomic mass is 10.0. The van der Waals surface area contributed by atoms with E-state index in [-0.39, 0.29) is 23.4 Å². The van der Waals surface area contributed by atoms with Crippen LogP contribution < -0.4 is 16.2 Å². The molecule has 0 spiro atoms. The van der Waals surface area contributed by atoms with Crippen LogP contribution in [0.3, 0.4) is 0 Å². The normalized spacial score (nSPS) is 10.2. The van der Waals surface area contributed by atoms with E-state index in [0.717, 1.165) is 29.7 Å². The second-order valence-corrected chi connectivity index (χ2v) is 7.26. The molecule has 0 radical (unpaired) electrons. The van der Waals surface area contributed by atoms with E-state index >= 15 is 0 Å². The van der Waals surface area contributed by atoms with Gasteiger partial charge < -0.3 is 10.1 Å². The quantitative estimate of drug-likeness (QED) is 0.393. The maximum atomic E-state index is 12.2. The van der Waals surface area contributed by atoms with Crippen molar-refractivity contribution in [1.29, 1.82) is 0 Å². The Morgan fingerprint density at radius 1 is 0.844 bits per heavy atom. The molecule has 0 aromatic heterocycles. The Balaban J connectivity index is 1.73. The Morgan fingerprint density at radius 2 is 1.50 bits per heavy atom. The van der Waals surface area contributed by atoms with Crippen molar-refractivity contribution in [3.05, 3.63) is 64.2 Å². The van der Waals surface area contributed by atoms with Crippen LogP contribution in [0.1, 0.15) is 48.2 Å². The maximum absolute atomic E-state index is 12.2. The number of hydrazine groups is 1. The predicted octanol–water partition coefficient (Wildman–Crippen LogP) is 3.19. The van der Waals surface area contributed by atoms with E-state index in [1.165, 1.54) is 6.07 Å². The number of ether oxygens (including phenoxy) is 1. The number of aryl methyl sites for hydroxylation is 2. The first-order chi connectivity index (χ1) is 15.3. The van der Waals surface area contributed by atoms with Crippen molar-refractivity contribution in [1.82, 2.24) is 10.9 Å². The van der Waals surface area contributed by atoms with Crippen LogP contribution in [0.25, 0.3) is 0 Å². The Hall–Kier alpha value is -3.39. The van der Waals surface area contributed by atoms with Crippen LogP contribution in [0.15, 0.2) is 42.5 Å². The second kappa shape index (κ2) is 12.5. The van der Waals surface area contributed by atoms with Gasteiger partial charge in [-0.2, -0.15) is 0 Å². The molecule has 0 unspecified atom stereocenters. The lowest BCUT2D eigenvalue weighted by molar-refractivity contribution is -0.148. The van der Waals surface area contributed by atoms with E-state index in [2.05, 4.69) is 16.2 Å². The zero-order chi connectivity index (χ0) is 23.5. The molecule has 3 N–H and O–H groups in total. The minimum absolute atomic E-state index is 0.204. The van der Waals surface area contributed by atoms with Gasteiger partial charge in [-0.25, -0.2) is 0 Å². The highest BCUT2D eigenvalue weighted by atomic mass is 35.5. The number of rotatable bonds is 9. The lowest BCUT2D eigenvalue weighted by Gasteiger charge is -2.14. The Labute approximate surface area is 191 Å². The molecule has 3 amide bonds. The summed E-state index contributed by atoms with van der Waals surface area (Å²) in [4.78, 5) is 47.9. The van der Waals surface area contributed by atoms with Crippen LogP contribution in [0.5, 0.6) is 0 Å². The molecule has 32 heavy (non-hydrogen) atoms. The van der Waals surface area contributed by atoms with Crippen LogP contribution in [0.4, 0.5) is 5.69 Å². The van der Waals surface area contributed by atoms with Gasteiger partial charge in [-0.05, 0) is 36.1 Å². The Bertz CT molecular complexity index is 971. The molecular weight excluding hydrogens is 434 g/mol. The van der Waals surface area contributed by atoms with Gasteiger partial charge in [-0.3, -0.25) is 30.0 Å². The summed E-state index contributed by atoms with van der Waals surface area (Å²) in [6.07, 6.45) is 1.05. The molecule has 0 saturated heterocycles. The fourth-order valence-electron chi connectivity index (χ4n) is 2.91. The minimum Gasteiger partial charge on any atom is -0.456 e. The number of esters is 1. The average molecular weight is 460 g/mol. The molecule has 9 heteroatoms. The molecule has 0 aliphatic heterocycles. The summed E-state index contributed by atoms with van der Waals surface area (Å²) < 4.78 is 4.95. The third-order valence-corrected chi connectivity index (χ3v) is 4.95. The number of hydrogen-bond donors (Lipinski definition) is 3. The topological polar surface area (TPSA) is 114 Å². The minimum atomic E-state index is -0.702. The first-order valence-corrected chi connectivity index (χ1v) is 10.6. The third kappa shape index (κ3) is 7.39. The van der Waals surface area contributed by atoms with Gasteiger partial charge in [0.15, 0.2) is 6.61 Å². The number of carbonyl (C=O) groups is 4. The standard InChI is InChI=1S/C23H26ClN3O5/c1-3-15-8-7-9-16(4-2)22(15)25-20(29)14-32-21(30)13-12-19(28)26-27-23(31)17-10-5-6-11-18(17)24/h5-11H,3-4,12-14H2,1-2H3,(H,25,29)(H,26,28)(H,27,31). The third-order valence-electron chi connectivity index (χ3n) is 4.62. The van der Waals surface area contributed by atoms with Gasteiger partial charge in [-0.15, -0.1) is 0 Å². The molecule has 2 rings (SSSR count). The van der Waals surface area contributed by atoms with Crippen LogP contribution >= 0.6 is 11.6 Å². The van der Waals surface area contributed by atoms with Crippen LogP contribution in [0.2, 0.25) is 5.02 Å². The molecule has 8 nitrogen and oxygen atoms in total. The SMILES string of the molecule is CCc1cccc(CC)c1NC(=O)COC(=O)CCC(=O)NNC(=O)c1ccccc1Cl. The van der Waals surface area contributed by atoms with Gasteiger partial charge in [-0.1, -0.05) is 55.8 Å². The highest BCUT2D eigenvalue weighted by Gasteiger charge is 2.14. The number of benzene rings is 2. The van der Waals surface area contributed by atoms with Crippen molar-refractivity contribution in [2.45, 2.75) is 39.5 Å². The van der Waals surface area contributed by atoms with Gasteiger partial charge in [0.25, 0.3) is 11.8 Å². The molecule has 0 saturated carbocycles. The molecule has 0 atom stereocenters. The van der Waals surface area contributed by atoms with E-state index in [0.29, 0.717) is 0 Å². The maximum Gasteiger partial charge on any atom is 0.306 e. The van der Waals surface area contributed by atoms with Crippen molar-refractivity contribution in [2.75, 3.05) is 11.9 Å². The van der Waals surface area contributed by atoms with Gasteiger partial charge >= 0.3 is 5.97 Å². The molecule has 2 aromatic carbocycles. The Kier molecular flexibility index (Phi) is 9.69. The van der Waals surface area contributed by atoms with Gasteiger partial charge in [0.1, 0.15) is 0 Å². The first-order valence-electron chi connectivity index (χ1n) is 10.3. The molecule has 0 aliphatic rings. The largest absolute Gasteiger partial charge is 0.456 e. The summed E-state index contributed by atoms with van der Waals surface area (Å²) in [5, 5.41) is 3.04. The summed E-state index contributed by atoms with van der Waals surface area (Å²) in [6, 6.07) is 12.2. The van der Waals surface area contributed by atoms with Crippen molar-refractivity contribution in [3.8, 4) is 0 Å². The summed E-state index contributed by atoms with van der Waals surface area (Å²) in [7, 11) is 0. The monoisotopic (exact) mass is 459 g/mol. The number of para-hydroxylation sites is 1. The Morgan fingerprint density at radius 3 is 2.12 bits per heavy atom. The summed E-state index contributed by atoms with van der Waals surface area (Å²) in [5.41, 5.74) is 7.37. The van der Waals surface area contributed by atoms with Crippen LogP contribution in [0, 0.1) is 0 Å². The summed E-state index contributed by atoms with van der Waals surface area (Å²) in [5.74, 6) is -2.32. The van der Waals surface area contributed by atoms with E-state index in [9.17, 15) is 19.2 Å². The molecular formula is C23H26ClN3O5. The molecule has 0 heterocycles. The van der Waals surface area contributed by atoms with Crippen molar-refractivity contribution < 1.29 is 23.9 Å². The number of carbonyl (C=O) groups excluding carboxylic acids is 4. The number of nitrogens with one attached hydrogen (secondary N) is 3. The zero-order valence-corrected chi connectivity index (χ0v) is 18.8. The van der Waals surface area contributed by atoms with Gasteiger partial charge in [0.05, 0.1) is 17.0 Å². The van der Waals surface area contributed by atoms with Crippen LogP contribution in [-0.2, 0) is 32.0 Å². The van der Waals surface area contributed by atoms with Crippen molar-refractivity contribution in [3.63, 3.8) is 0 Å². The molecule has 170 valence electrons. The highest BCUT2D eigenvalue weighted by Crippen LogP contribution is 2.22. The molecule has 0 aliphatic carbocycles. The number of halogens is 1. The summed E-state index contributed by atoms with van der Waals surface area (Å²) >= 11 is 5.91. The van der Waals surface area contributed by atoms with E-state index < -0.39 is 30.3 Å². The highest BCUT2D eigenvalue weighted by molar-refractivity contribution is 6.33. The second-order valence-electron chi connectivity index (χ2n) is 6.85. The molecule has 0 bridgehead atoms. The van der Waals surface area contributed by atoms with E-state index in [4.69, 9.17) is 16.3 Å². The fraction of sp³-hybridized carbons (Fsp3) is 0.304. The first kappa shape index (κ1) is 24.9. The van der Waals surface area contributed by atoms with E-state index in [1.807, 2.05) is 32.0 Å². The van der Waals surface area contributed by atoms with Gasteiger partial charge in [0, 0.05) is 12.1 Å². The average Bonchev–Trinajstić information content (AvgIpc) is 2.80.